The lowest BCUT2D eigenvalue weighted by Crippen LogP contribution is -2.63. The summed E-state index contributed by atoms with van der Waals surface area (Å²) in [6.45, 7) is 3.67. The van der Waals surface area contributed by atoms with Gasteiger partial charge in [-0.2, -0.15) is 11.8 Å². The molecule has 0 bridgehead atoms. The average Bonchev–Trinajstić information content (AvgIpc) is 2.68. The Kier molecular flexibility index (Phi) is 6.48. The van der Waals surface area contributed by atoms with Gasteiger partial charge in [-0.15, -0.1) is 0 Å². The van der Waals surface area contributed by atoms with Gasteiger partial charge in [0, 0.05) is 37.6 Å². The molecule has 1 aromatic rings. The van der Waals surface area contributed by atoms with Crippen molar-refractivity contribution in [3.05, 3.63) is 29.8 Å². The number of amides is 1. The molecule has 5 nitrogen and oxygen atoms in total. The highest BCUT2D eigenvalue weighted by Crippen LogP contribution is 2.41. The number of piperidine rings is 2. The van der Waals surface area contributed by atoms with E-state index in [9.17, 15) is 9.90 Å². The standard InChI is InChI=1S/C20H30N2O3S/c1-25-17-6-4-16(5-7-17)12-21-11-8-18-20(14-21,15-23)9-3-10-22(18)19(24)13-26-2/h4-7,18,23H,3,8-15H2,1-2H3/t18-,20-/m1/s1. The molecular formula is C20H30N2O3S. The molecule has 2 aliphatic heterocycles. The zero-order valence-corrected chi connectivity index (χ0v) is 16.6. The van der Waals surface area contributed by atoms with Crippen LogP contribution in [0.5, 0.6) is 5.75 Å². The maximum Gasteiger partial charge on any atom is 0.232 e. The summed E-state index contributed by atoms with van der Waals surface area (Å²) in [5, 5.41) is 10.3. The molecule has 2 fully saturated rings. The van der Waals surface area contributed by atoms with Crippen LogP contribution in [0.15, 0.2) is 24.3 Å². The zero-order valence-electron chi connectivity index (χ0n) is 15.8. The fourth-order valence-corrected chi connectivity index (χ4v) is 5.01. The molecule has 0 spiro atoms. The van der Waals surface area contributed by atoms with Crippen LogP contribution in [0.1, 0.15) is 24.8 Å². The van der Waals surface area contributed by atoms with E-state index in [1.54, 1.807) is 18.9 Å². The molecule has 1 N–H and O–H groups in total. The van der Waals surface area contributed by atoms with Gasteiger partial charge in [0.25, 0.3) is 0 Å². The van der Waals surface area contributed by atoms with Crippen LogP contribution in [-0.2, 0) is 11.3 Å². The van der Waals surface area contributed by atoms with E-state index in [2.05, 4.69) is 21.9 Å². The molecule has 1 aromatic carbocycles. The maximum absolute atomic E-state index is 12.5. The highest BCUT2D eigenvalue weighted by Gasteiger charge is 2.48. The van der Waals surface area contributed by atoms with Crippen molar-refractivity contribution >= 4 is 17.7 Å². The number of carbonyl (C=O) groups is 1. The predicted molar refractivity (Wildman–Crippen MR) is 106 cm³/mol. The Hall–Kier alpha value is -1.24. The van der Waals surface area contributed by atoms with Crippen LogP contribution < -0.4 is 4.74 Å². The zero-order chi connectivity index (χ0) is 18.6. The summed E-state index contributed by atoms with van der Waals surface area (Å²) in [6.07, 6.45) is 4.89. The fourth-order valence-electron chi connectivity index (χ4n) is 4.59. The lowest BCUT2D eigenvalue weighted by atomic mass is 9.69. The molecule has 2 atom stereocenters. The van der Waals surface area contributed by atoms with E-state index in [0.717, 1.165) is 51.2 Å². The quantitative estimate of drug-likeness (QED) is 0.823. The second kappa shape index (κ2) is 8.63. The van der Waals surface area contributed by atoms with Gasteiger partial charge in [-0.1, -0.05) is 12.1 Å². The van der Waals surface area contributed by atoms with E-state index in [1.165, 1.54) is 5.56 Å². The molecule has 0 radical (unpaired) electrons. The average molecular weight is 379 g/mol. The van der Waals surface area contributed by atoms with E-state index < -0.39 is 0 Å². The van der Waals surface area contributed by atoms with Crippen LogP contribution in [0.2, 0.25) is 0 Å². The number of hydrogen-bond acceptors (Lipinski definition) is 5. The molecule has 1 amide bonds. The minimum Gasteiger partial charge on any atom is -0.497 e. The maximum atomic E-state index is 12.5. The van der Waals surface area contributed by atoms with Crippen molar-refractivity contribution in [1.29, 1.82) is 0 Å². The molecule has 0 saturated carbocycles. The summed E-state index contributed by atoms with van der Waals surface area (Å²) in [5.41, 5.74) is 1.07. The fraction of sp³-hybridized carbons (Fsp3) is 0.650. The van der Waals surface area contributed by atoms with Crippen LogP contribution in [0.3, 0.4) is 0 Å². The topological polar surface area (TPSA) is 53.0 Å². The predicted octanol–water partition coefficient (Wildman–Crippen LogP) is 2.23. The monoisotopic (exact) mass is 378 g/mol. The largest absolute Gasteiger partial charge is 0.497 e. The van der Waals surface area contributed by atoms with E-state index in [-0.39, 0.29) is 24.0 Å². The Labute approximate surface area is 160 Å². The highest BCUT2D eigenvalue weighted by atomic mass is 32.2. The van der Waals surface area contributed by atoms with E-state index in [1.807, 2.05) is 18.4 Å². The van der Waals surface area contributed by atoms with Crippen molar-refractivity contribution in [1.82, 2.24) is 9.80 Å². The second-order valence-corrected chi connectivity index (χ2v) is 8.37. The lowest BCUT2D eigenvalue weighted by Gasteiger charge is -2.54. The van der Waals surface area contributed by atoms with E-state index in [0.29, 0.717) is 5.75 Å². The Morgan fingerprint density at radius 2 is 2.12 bits per heavy atom. The van der Waals surface area contributed by atoms with Crippen molar-refractivity contribution in [2.24, 2.45) is 5.41 Å². The number of fused-ring (bicyclic) bond motifs is 1. The molecule has 144 valence electrons. The first-order valence-electron chi connectivity index (χ1n) is 9.36. The van der Waals surface area contributed by atoms with Crippen LogP contribution >= 0.6 is 11.8 Å². The van der Waals surface area contributed by atoms with Gasteiger partial charge in [0.2, 0.25) is 5.91 Å². The number of hydrogen-bond donors (Lipinski definition) is 1. The van der Waals surface area contributed by atoms with Crippen LogP contribution in [0.4, 0.5) is 0 Å². The lowest BCUT2D eigenvalue weighted by molar-refractivity contribution is -0.144. The number of thioether (sulfide) groups is 1. The molecule has 26 heavy (non-hydrogen) atoms. The SMILES string of the molecule is COc1ccc(CN2CC[C@H]3N(C(=O)CSC)CCC[C@]3(CO)C2)cc1. The summed E-state index contributed by atoms with van der Waals surface area (Å²) in [5.74, 6) is 1.63. The summed E-state index contributed by atoms with van der Waals surface area (Å²) < 4.78 is 5.23. The number of carbonyl (C=O) groups excluding carboxylic acids is 1. The van der Waals surface area contributed by atoms with Crippen LogP contribution in [0, 0.1) is 5.41 Å². The number of rotatable bonds is 6. The second-order valence-electron chi connectivity index (χ2n) is 7.51. The third kappa shape index (κ3) is 4.02. The van der Waals surface area contributed by atoms with Crippen molar-refractivity contribution < 1.29 is 14.6 Å². The summed E-state index contributed by atoms with van der Waals surface area (Å²) >= 11 is 1.58. The normalized spacial score (nSPS) is 26.4. The van der Waals surface area contributed by atoms with Crippen molar-refractivity contribution in [3.8, 4) is 5.75 Å². The van der Waals surface area contributed by atoms with Gasteiger partial charge in [-0.3, -0.25) is 9.69 Å². The first-order valence-corrected chi connectivity index (χ1v) is 10.8. The number of nitrogens with zero attached hydrogens (tertiary/aromatic N) is 2. The number of benzene rings is 1. The first-order chi connectivity index (χ1) is 12.6. The Morgan fingerprint density at radius 1 is 1.35 bits per heavy atom. The Balaban J connectivity index is 1.70. The molecule has 2 heterocycles. The van der Waals surface area contributed by atoms with Crippen molar-refractivity contribution in [2.75, 3.05) is 45.4 Å². The number of aliphatic hydroxyl groups excluding tert-OH is 1. The van der Waals surface area contributed by atoms with Gasteiger partial charge in [0.05, 0.1) is 19.5 Å². The van der Waals surface area contributed by atoms with Gasteiger partial charge in [-0.25, -0.2) is 0 Å². The molecule has 0 aromatic heterocycles. The summed E-state index contributed by atoms with van der Waals surface area (Å²) in [6, 6.07) is 8.37. The summed E-state index contributed by atoms with van der Waals surface area (Å²) in [7, 11) is 1.68. The van der Waals surface area contributed by atoms with Crippen molar-refractivity contribution in [3.63, 3.8) is 0 Å². The third-order valence-electron chi connectivity index (χ3n) is 5.88. The minimum absolute atomic E-state index is 0.153. The van der Waals surface area contributed by atoms with Crippen LogP contribution in [0.25, 0.3) is 0 Å². The van der Waals surface area contributed by atoms with E-state index >= 15 is 0 Å². The number of likely N-dealkylation sites (tertiary alicyclic amines) is 2. The molecule has 2 aliphatic rings. The molecule has 6 heteroatoms. The molecule has 0 aliphatic carbocycles. The number of aliphatic hydroxyl groups is 1. The molecule has 2 saturated heterocycles. The van der Waals surface area contributed by atoms with Gasteiger partial charge in [0.1, 0.15) is 5.75 Å². The number of methoxy groups -OCH3 is 1. The smallest absolute Gasteiger partial charge is 0.232 e. The highest BCUT2D eigenvalue weighted by molar-refractivity contribution is 7.99. The Bertz CT molecular complexity index is 610. The first kappa shape index (κ1) is 19.5. The molecular weight excluding hydrogens is 348 g/mol. The van der Waals surface area contributed by atoms with Crippen molar-refractivity contribution in [2.45, 2.75) is 31.8 Å². The number of ether oxygens (including phenoxy) is 1. The molecule has 0 unspecified atom stereocenters. The van der Waals surface area contributed by atoms with E-state index in [4.69, 9.17) is 4.74 Å². The Morgan fingerprint density at radius 3 is 2.77 bits per heavy atom. The van der Waals surface area contributed by atoms with Gasteiger partial charge < -0.3 is 14.7 Å². The van der Waals surface area contributed by atoms with Crippen LogP contribution in [-0.4, -0.2) is 72.2 Å². The van der Waals surface area contributed by atoms with Gasteiger partial charge >= 0.3 is 0 Å². The summed E-state index contributed by atoms with van der Waals surface area (Å²) in [4.78, 5) is 17.0. The van der Waals surface area contributed by atoms with Gasteiger partial charge in [-0.05, 0) is 43.2 Å². The minimum atomic E-state index is -0.183. The van der Waals surface area contributed by atoms with Gasteiger partial charge in [0.15, 0.2) is 0 Å². The molecule has 3 rings (SSSR count). The third-order valence-corrected chi connectivity index (χ3v) is 6.42.